The second-order valence-corrected chi connectivity index (χ2v) is 3.54. The minimum Gasteiger partial charge on any atom is -0.385 e. The predicted octanol–water partition coefficient (Wildman–Crippen LogP) is 1.75. The Balaban J connectivity index is 2.52. The fourth-order valence-corrected chi connectivity index (χ4v) is 1.35. The van der Waals surface area contributed by atoms with Crippen LogP contribution in [-0.2, 0) is 4.74 Å². The fraction of sp³-hybridized carbons (Fsp3) is 0.545. The topological polar surface area (TPSA) is 48.1 Å². The first kappa shape index (κ1) is 11.1. The zero-order valence-corrected chi connectivity index (χ0v) is 8.81. The molecule has 14 heavy (non-hydrogen) atoms. The second kappa shape index (κ2) is 5.73. The number of methoxy groups -OCH3 is 1. The standard InChI is InChI=1S/C11H18N2O/c1-9(6-8-14-2)11(12)10-5-3-4-7-13-10/h3-5,7,9,11H,6,8,12H2,1-2H3. The lowest BCUT2D eigenvalue weighted by molar-refractivity contribution is 0.174. The normalized spacial score (nSPS) is 15.1. The van der Waals surface area contributed by atoms with Crippen LogP contribution in [0.5, 0.6) is 0 Å². The minimum atomic E-state index is 0.00588. The van der Waals surface area contributed by atoms with Crippen LogP contribution in [0.1, 0.15) is 25.1 Å². The summed E-state index contributed by atoms with van der Waals surface area (Å²) in [6, 6.07) is 5.83. The van der Waals surface area contributed by atoms with E-state index in [1.54, 1.807) is 13.3 Å². The van der Waals surface area contributed by atoms with Crippen molar-refractivity contribution in [3.8, 4) is 0 Å². The number of nitrogens with zero attached hydrogens (tertiary/aromatic N) is 1. The van der Waals surface area contributed by atoms with E-state index in [0.29, 0.717) is 5.92 Å². The molecule has 0 bridgehead atoms. The molecular formula is C11H18N2O. The summed E-state index contributed by atoms with van der Waals surface area (Å²) in [5.74, 6) is 0.393. The van der Waals surface area contributed by atoms with E-state index in [9.17, 15) is 0 Å². The van der Waals surface area contributed by atoms with Gasteiger partial charge in [-0.2, -0.15) is 0 Å². The Hall–Kier alpha value is -0.930. The van der Waals surface area contributed by atoms with E-state index in [4.69, 9.17) is 10.5 Å². The first-order valence-electron chi connectivity index (χ1n) is 4.91. The van der Waals surface area contributed by atoms with Crippen LogP contribution in [0.2, 0.25) is 0 Å². The quantitative estimate of drug-likeness (QED) is 0.777. The Morgan fingerprint density at radius 2 is 2.29 bits per heavy atom. The number of ether oxygens (including phenoxy) is 1. The molecule has 0 radical (unpaired) electrons. The highest BCUT2D eigenvalue weighted by Gasteiger charge is 2.14. The van der Waals surface area contributed by atoms with Crippen molar-refractivity contribution in [2.75, 3.05) is 13.7 Å². The van der Waals surface area contributed by atoms with Crippen LogP contribution in [0.15, 0.2) is 24.4 Å². The van der Waals surface area contributed by atoms with Crippen LogP contribution in [-0.4, -0.2) is 18.7 Å². The molecule has 0 saturated heterocycles. The molecule has 3 heteroatoms. The monoisotopic (exact) mass is 194 g/mol. The molecule has 1 rings (SSSR count). The molecule has 0 aromatic carbocycles. The SMILES string of the molecule is COCCC(C)C(N)c1ccccn1. The Labute approximate surface area is 85.3 Å². The van der Waals surface area contributed by atoms with Crippen LogP contribution in [0.4, 0.5) is 0 Å². The van der Waals surface area contributed by atoms with Crippen LogP contribution in [0.25, 0.3) is 0 Å². The number of nitrogens with two attached hydrogens (primary N) is 1. The molecule has 0 spiro atoms. The Bertz CT molecular complexity index is 251. The van der Waals surface area contributed by atoms with Gasteiger partial charge in [0, 0.05) is 26.0 Å². The average molecular weight is 194 g/mol. The van der Waals surface area contributed by atoms with Crippen LogP contribution in [0.3, 0.4) is 0 Å². The highest BCUT2D eigenvalue weighted by Crippen LogP contribution is 2.19. The smallest absolute Gasteiger partial charge is 0.0573 e. The van der Waals surface area contributed by atoms with Gasteiger partial charge in [-0.1, -0.05) is 13.0 Å². The summed E-state index contributed by atoms with van der Waals surface area (Å²) in [6.45, 7) is 2.88. The zero-order chi connectivity index (χ0) is 10.4. The van der Waals surface area contributed by atoms with Crippen molar-refractivity contribution in [3.05, 3.63) is 30.1 Å². The molecule has 2 atom stereocenters. The van der Waals surface area contributed by atoms with Gasteiger partial charge < -0.3 is 10.5 Å². The summed E-state index contributed by atoms with van der Waals surface area (Å²) < 4.78 is 5.02. The number of hydrogen-bond donors (Lipinski definition) is 1. The van der Waals surface area contributed by atoms with Gasteiger partial charge in [0.1, 0.15) is 0 Å². The molecule has 1 aromatic heterocycles. The summed E-state index contributed by atoms with van der Waals surface area (Å²) in [5, 5.41) is 0. The zero-order valence-electron chi connectivity index (χ0n) is 8.81. The predicted molar refractivity (Wildman–Crippen MR) is 56.8 cm³/mol. The van der Waals surface area contributed by atoms with Crippen molar-refractivity contribution in [3.63, 3.8) is 0 Å². The summed E-state index contributed by atoms with van der Waals surface area (Å²) in [6.07, 6.45) is 2.74. The molecule has 0 aliphatic rings. The van der Waals surface area contributed by atoms with Crippen molar-refractivity contribution in [1.82, 2.24) is 4.98 Å². The van der Waals surface area contributed by atoms with E-state index in [2.05, 4.69) is 11.9 Å². The highest BCUT2D eigenvalue weighted by molar-refractivity contribution is 5.08. The molecule has 0 fully saturated rings. The van der Waals surface area contributed by atoms with Gasteiger partial charge in [-0.15, -0.1) is 0 Å². The van der Waals surface area contributed by atoms with Crippen molar-refractivity contribution in [2.24, 2.45) is 11.7 Å². The van der Waals surface area contributed by atoms with Crippen LogP contribution >= 0.6 is 0 Å². The van der Waals surface area contributed by atoms with E-state index < -0.39 is 0 Å². The van der Waals surface area contributed by atoms with Gasteiger partial charge >= 0.3 is 0 Å². The van der Waals surface area contributed by atoms with Gasteiger partial charge in [0.2, 0.25) is 0 Å². The highest BCUT2D eigenvalue weighted by atomic mass is 16.5. The average Bonchev–Trinajstić information content (AvgIpc) is 2.26. The molecule has 3 nitrogen and oxygen atoms in total. The third-order valence-electron chi connectivity index (χ3n) is 2.42. The molecule has 0 aliphatic heterocycles. The molecule has 2 unspecified atom stereocenters. The van der Waals surface area contributed by atoms with Gasteiger partial charge in [-0.3, -0.25) is 4.98 Å². The van der Waals surface area contributed by atoms with Gasteiger partial charge in [0.25, 0.3) is 0 Å². The van der Waals surface area contributed by atoms with Crippen LogP contribution < -0.4 is 5.73 Å². The van der Waals surface area contributed by atoms with E-state index in [1.807, 2.05) is 18.2 Å². The maximum Gasteiger partial charge on any atom is 0.0573 e. The number of rotatable bonds is 5. The largest absolute Gasteiger partial charge is 0.385 e. The molecular weight excluding hydrogens is 176 g/mol. The van der Waals surface area contributed by atoms with E-state index in [-0.39, 0.29) is 6.04 Å². The van der Waals surface area contributed by atoms with Gasteiger partial charge in [-0.05, 0) is 24.5 Å². The maximum absolute atomic E-state index is 6.06. The van der Waals surface area contributed by atoms with Crippen molar-refractivity contribution < 1.29 is 4.74 Å². The first-order valence-corrected chi connectivity index (χ1v) is 4.91. The third kappa shape index (κ3) is 3.09. The van der Waals surface area contributed by atoms with E-state index in [1.165, 1.54) is 0 Å². The van der Waals surface area contributed by atoms with E-state index in [0.717, 1.165) is 18.7 Å². The summed E-state index contributed by atoms with van der Waals surface area (Å²) >= 11 is 0. The summed E-state index contributed by atoms with van der Waals surface area (Å²) in [4.78, 5) is 4.24. The van der Waals surface area contributed by atoms with Crippen LogP contribution in [0, 0.1) is 5.92 Å². The molecule has 2 N–H and O–H groups in total. The third-order valence-corrected chi connectivity index (χ3v) is 2.42. The summed E-state index contributed by atoms with van der Waals surface area (Å²) in [7, 11) is 1.71. The molecule has 0 aliphatic carbocycles. The Kier molecular flexibility index (Phi) is 4.56. The molecule has 0 saturated carbocycles. The number of pyridine rings is 1. The van der Waals surface area contributed by atoms with Crippen molar-refractivity contribution in [1.29, 1.82) is 0 Å². The maximum atomic E-state index is 6.06. The molecule has 0 amide bonds. The lowest BCUT2D eigenvalue weighted by atomic mass is 9.96. The fourth-order valence-electron chi connectivity index (χ4n) is 1.35. The van der Waals surface area contributed by atoms with Crippen molar-refractivity contribution >= 4 is 0 Å². The number of hydrogen-bond acceptors (Lipinski definition) is 3. The molecule has 78 valence electrons. The van der Waals surface area contributed by atoms with E-state index >= 15 is 0 Å². The van der Waals surface area contributed by atoms with Crippen molar-refractivity contribution in [2.45, 2.75) is 19.4 Å². The van der Waals surface area contributed by atoms with Gasteiger partial charge in [0.15, 0.2) is 0 Å². The van der Waals surface area contributed by atoms with Gasteiger partial charge in [-0.25, -0.2) is 0 Å². The second-order valence-electron chi connectivity index (χ2n) is 3.54. The number of aromatic nitrogens is 1. The minimum absolute atomic E-state index is 0.00588. The Morgan fingerprint density at radius 1 is 1.50 bits per heavy atom. The Morgan fingerprint density at radius 3 is 2.86 bits per heavy atom. The molecule has 1 aromatic rings. The lowest BCUT2D eigenvalue weighted by Gasteiger charge is -2.18. The molecule has 1 heterocycles. The first-order chi connectivity index (χ1) is 6.75. The summed E-state index contributed by atoms with van der Waals surface area (Å²) in [5.41, 5.74) is 7.02. The van der Waals surface area contributed by atoms with Gasteiger partial charge in [0.05, 0.1) is 5.69 Å². The lowest BCUT2D eigenvalue weighted by Crippen LogP contribution is -2.21.